The van der Waals surface area contributed by atoms with Gasteiger partial charge in [0, 0.05) is 43.8 Å². The summed E-state index contributed by atoms with van der Waals surface area (Å²) in [6, 6.07) is 10.1. The SMILES string of the molecule is COC(=O)c1c(S(=O)(=O)NCCc2ccccc2)sc2c1CCN(C1CCOCC1)C2. The van der Waals surface area contributed by atoms with E-state index in [0.717, 1.165) is 48.6 Å². The van der Waals surface area contributed by atoms with Gasteiger partial charge in [0.15, 0.2) is 0 Å². The van der Waals surface area contributed by atoms with E-state index in [1.807, 2.05) is 30.3 Å². The summed E-state index contributed by atoms with van der Waals surface area (Å²) in [6.07, 6.45) is 3.19. The summed E-state index contributed by atoms with van der Waals surface area (Å²) < 4.78 is 39.4. The number of ether oxygens (including phenoxy) is 2. The van der Waals surface area contributed by atoms with Crippen LogP contribution in [0.1, 0.15) is 39.2 Å². The van der Waals surface area contributed by atoms with E-state index in [4.69, 9.17) is 9.47 Å². The molecule has 7 nitrogen and oxygen atoms in total. The molecule has 2 aliphatic heterocycles. The van der Waals surface area contributed by atoms with Gasteiger partial charge < -0.3 is 9.47 Å². The number of fused-ring (bicyclic) bond motifs is 1. The molecule has 9 heteroatoms. The number of hydrogen-bond acceptors (Lipinski definition) is 7. The van der Waals surface area contributed by atoms with Gasteiger partial charge in [-0.1, -0.05) is 30.3 Å². The van der Waals surface area contributed by atoms with E-state index in [1.54, 1.807) is 0 Å². The van der Waals surface area contributed by atoms with Crippen LogP contribution in [-0.2, 0) is 38.9 Å². The number of esters is 1. The third-order valence-electron chi connectivity index (χ3n) is 5.94. The lowest BCUT2D eigenvalue weighted by Gasteiger charge is -2.36. The molecule has 0 amide bonds. The summed E-state index contributed by atoms with van der Waals surface area (Å²) >= 11 is 1.20. The zero-order valence-corrected chi connectivity index (χ0v) is 19.3. The maximum atomic E-state index is 13.1. The quantitative estimate of drug-likeness (QED) is 0.634. The minimum absolute atomic E-state index is 0.0752. The highest BCUT2D eigenvalue weighted by atomic mass is 32.2. The molecule has 2 aromatic rings. The minimum Gasteiger partial charge on any atom is -0.465 e. The van der Waals surface area contributed by atoms with Crippen molar-refractivity contribution in [3.63, 3.8) is 0 Å². The van der Waals surface area contributed by atoms with Crippen molar-refractivity contribution in [3.05, 3.63) is 51.9 Å². The number of nitrogens with zero attached hydrogens (tertiary/aromatic N) is 1. The molecule has 0 saturated carbocycles. The summed E-state index contributed by atoms with van der Waals surface area (Å²) in [5.41, 5.74) is 2.08. The van der Waals surface area contributed by atoms with E-state index < -0.39 is 16.0 Å². The first-order valence-electron chi connectivity index (χ1n) is 10.6. The molecule has 2 aliphatic rings. The van der Waals surface area contributed by atoms with Crippen molar-refractivity contribution in [2.75, 3.05) is 33.4 Å². The molecule has 1 fully saturated rings. The third kappa shape index (κ3) is 5.01. The Morgan fingerprint density at radius 3 is 2.71 bits per heavy atom. The molecule has 4 rings (SSSR count). The lowest BCUT2D eigenvalue weighted by molar-refractivity contribution is 0.0294. The van der Waals surface area contributed by atoms with Gasteiger partial charge >= 0.3 is 5.97 Å². The van der Waals surface area contributed by atoms with Gasteiger partial charge in [0.1, 0.15) is 4.21 Å². The van der Waals surface area contributed by atoms with Crippen LogP contribution in [0.4, 0.5) is 0 Å². The predicted molar refractivity (Wildman–Crippen MR) is 119 cm³/mol. The molecule has 1 aromatic heterocycles. The molecule has 0 spiro atoms. The molecule has 0 unspecified atom stereocenters. The van der Waals surface area contributed by atoms with Gasteiger partial charge in [-0.15, -0.1) is 11.3 Å². The fourth-order valence-corrected chi connectivity index (χ4v) is 7.28. The Balaban J connectivity index is 1.55. The highest BCUT2D eigenvalue weighted by molar-refractivity contribution is 7.91. The molecule has 1 aromatic carbocycles. The highest BCUT2D eigenvalue weighted by Crippen LogP contribution is 2.37. The first-order chi connectivity index (χ1) is 15.0. The molecule has 3 heterocycles. The fraction of sp³-hybridized carbons (Fsp3) is 0.500. The van der Waals surface area contributed by atoms with Crippen LogP contribution in [0.5, 0.6) is 0 Å². The number of methoxy groups -OCH3 is 1. The molecule has 0 radical (unpaired) electrons. The van der Waals surface area contributed by atoms with Crippen molar-refractivity contribution in [2.24, 2.45) is 0 Å². The van der Waals surface area contributed by atoms with Crippen LogP contribution in [-0.4, -0.2) is 58.7 Å². The van der Waals surface area contributed by atoms with Gasteiger partial charge in [-0.25, -0.2) is 17.9 Å². The largest absolute Gasteiger partial charge is 0.465 e. The Hall–Kier alpha value is -1.78. The van der Waals surface area contributed by atoms with Crippen LogP contribution in [0.2, 0.25) is 0 Å². The van der Waals surface area contributed by atoms with Crippen molar-refractivity contribution in [2.45, 2.75) is 42.5 Å². The topological polar surface area (TPSA) is 84.9 Å². The molecular formula is C22H28N2O5S2. The zero-order chi connectivity index (χ0) is 21.8. The molecule has 1 saturated heterocycles. The van der Waals surface area contributed by atoms with Crippen LogP contribution in [0.25, 0.3) is 0 Å². The maximum absolute atomic E-state index is 13.1. The fourth-order valence-electron chi connectivity index (χ4n) is 4.30. The predicted octanol–water partition coefficient (Wildman–Crippen LogP) is 2.59. The molecular weight excluding hydrogens is 436 g/mol. The van der Waals surface area contributed by atoms with E-state index in [2.05, 4.69) is 9.62 Å². The molecule has 168 valence electrons. The first kappa shape index (κ1) is 22.4. The third-order valence-corrected chi connectivity index (χ3v) is 9.14. The molecule has 0 bridgehead atoms. The van der Waals surface area contributed by atoms with Crippen LogP contribution in [0, 0.1) is 0 Å². The number of sulfonamides is 1. The van der Waals surface area contributed by atoms with E-state index >= 15 is 0 Å². The molecule has 0 atom stereocenters. The second kappa shape index (κ2) is 9.79. The summed E-state index contributed by atoms with van der Waals surface area (Å²) in [5.74, 6) is -0.583. The van der Waals surface area contributed by atoms with Crippen LogP contribution in [0.3, 0.4) is 0 Å². The zero-order valence-electron chi connectivity index (χ0n) is 17.6. The van der Waals surface area contributed by atoms with Gasteiger partial charge in [0.05, 0.1) is 12.7 Å². The first-order valence-corrected chi connectivity index (χ1v) is 12.9. The Labute approximate surface area is 187 Å². The van der Waals surface area contributed by atoms with Crippen molar-refractivity contribution in [3.8, 4) is 0 Å². The number of nitrogens with one attached hydrogen (secondary N) is 1. The second-order valence-electron chi connectivity index (χ2n) is 7.86. The van der Waals surface area contributed by atoms with E-state index in [-0.39, 0.29) is 16.3 Å². The lowest BCUT2D eigenvalue weighted by Crippen LogP contribution is -2.42. The normalized spacial score (nSPS) is 18.0. The van der Waals surface area contributed by atoms with Gasteiger partial charge in [-0.2, -0.15) is 0 Å². The second-order valence-corrected chi connectivity index (χ2v) is 10.9. The van der Waals surface area contributed by atoms with Gasteiger partial charge in [0.2, 0.25) is 0 Å². The Bertz CT molecular complexity index is 1010. The van der Waals surface area contributed by atoms with E-state index in [0.29, 0.717) is 25.4 Å². The van der Waals surface area contributed by atoms with Crippen molar-refractivity contribution < 1.29 is 22.7 Å². The summed E-state index contributed by atoms with van der Waals surface area (Å²) in [6.45, 7) is 3.25. The van der Waals surface area contributed by atoms with Gasteiger partial charge in [-0.05, 0) is 36.8 Å². The minimum atomic E-state index is -3.82. The van der Waals surface area contributed by atoms with Crippen LogP contribution >= 0.6 is 11.3 Å². The van der Waals surface area contributed by atoms with E-state index in [9.17, 15) is 13.2 Å². The van der Waals surface area contributed by atoms with Gasteiger partial charge in [0.25, 0.3) is 10.0 Å². The Morgan fingerprint density at radius 1 is 1.26 bits per heavy atom. The van der Waals surface area contributed by atoms with E-state index in [1.165, 1.54) is 18.4 Å². The van der Waals surface area contributed by atoms with Gasteiger partial charge in [-0.3, -0.25) is 4.90 Å². The maximum Gasteiger partial charge on any atom is 0.340 e. The van der Waals surface area contributed by atoms with Crippen molar-refractivity contribution in [1.29, 1.82) is 0 Å². The van der Waals surface area contributed by atoms with Crippen LogP contribution < -0.4 is 4.72 Å². The molecule has 0 aliphatic carbocycles. The number of carbonyl (C=O) groups is 1. The summed E-state index contributed by atoms with van der Waals surface area (Å²) in [5, 5.41) is 0. The van der Waals surface area contributed by atoms with Crippen molar-refractivity contribution in [1.82, 2.24) is 9.62 Å². The van der Waals surface area contributed by atoms with Crippen LogP contribution in [0.15, 0.2) is 34.5 Å². The smallest absolute Gasteiger partial charge is 0.340 e. The molecule has 31 heavy (non-hydrogen) atoms. The number of hydrogen-bond donors (Lipinski definition) is 1. The summed E-state index contributed by atoms with van der Waals surface area (Å²) in [4.78, 5) is 15.9. The monoisotopic (exact) mass is 464 g/mol. The summed E-state index contributed by atoms with van der Waals surface area (Å²) in [7, 11) is -2.53. The average Bonchev–Trinajstić information content (AvgIpc) is 3.19. The average molecular weight is 465 g/mol. The Morgan fingerprint density at radius 2 is 2.00 bits per heavy atom. The number of thiophene rings is 1. The number of rotatable bonds is 7. The number of carbonyl (C=O) groups excluding carboxylic acids is 1. The Kier molecular flexibility index (Phi) is 7.08. The lowest BCUT2D eigenvalue weighted by atomic mass is 9.99. The number of benzene rings is 1. The van der Waals surface area contributed by atoms with Crippen molar-refractivity contribution >= 4 is 27.3 Å². The molecule has 1 N–H and O–H groups in total. The highest BCUT2D eigenvalue weighted by Gasteiger charge is 2.35. The standard InChI is InChI=1S/C22H28N2O5S2/c1-28-21(25)20-18-8-12-24(17-9-13-29-14-10-17)15-19(18)30-22(20)31(26,27)23-11-7-16-5-3-2-4-6-16/h2-6,17,23H,7-15H2,1H3.